The Bertz CT molecular complexity index is 480. The van der Waals surface area contributed by atoms with Crippen molar-refractivity contribution in [3.63, 3.8) is 0 Å². The van der Waals surface area contributed by atoms with Crippen LogP contribution < -0.4 is 10.5 Å². The van der Waals surface area contributed by atoms with Gasteiger partial charge >= 0.3 is 0 Å². The SMILES string of the molecule is COCCOc1ccccc1C1=CC(N)CC(C)(C)C1. The van der Waals surface area contributed by atoms with Gasteiger partial charge in [0.2, 0.25) is 0 Å². The molecule has 3 nitrogen and oxygen atoms in total. The first-order valence-corrected chi connectivity index (χ1v) is 7.19. The Balaban J connectivity index is 2.23. The Hall–Kier alpha value is -1.32. The second-order valence-corrected chi connectivity index (χ2v) is 6.24. The first-order valence-electron chi connectivity index (χ1n) is 7.19. The highest BCUT2D eigenvalue weighted by Crippen LogP contribution is 2.41. The maximum Gasteiger partial charge on any atom is 0.126 e. The van der Waals surface area contributed by atoms with Crippen LogP contribution in [0.4, 0.5) is 0 Å². The second-order valence-electron chi connectivity index (χ2n) is 6.24. The molecule has 0 saturated heterocycles. The number of methoxy groups -OCH3 is 1. The third-order valence-electron chi connectivity index (χ3n) is 3.65. The molecule has 1 unspecified atom stereocenters. The Kier molecular flexibility index (Phi) is 4.84. The maximum atomic E-state index is 6.17. The number of rotatable bonds is 5. The summed E-state index contributed by atoms with van der Waals surface area (Å²) < 4.78 is 10.9. The van der Waals surface area contributed by atoms with Gasteiger partial charge in [-0.25, -0.2) is 0 Å². The van der Waals surface area contributed by atoms with Crippen LogP contribution in [0.2, 0.25) is 0 Å². The van der Waals surface area contributed by atoms with Gasteiger partial charge in [-0.2, -0.15) is 0 Å². The van der Waals surface area contributed by atoms with Crippen LogP contribution in [-0.4, -0.2) is 26.4 Å². The van der Waals surface area contributed by atoms with Gasteiger partial charge in [0.05, 0.1) is 6.61 Å². The number of hydrogen-bond acceptors (Lipinski definition) is 3. The molecule has 0 radical (unpaired) electrons. The van der Waals surface area contributed by atoms with Gasteiger partial charge in [-0.3, -0.25) is 0 Å². The molecule has 110 valence electrons. The number of para-hydroxylation sites is 1. The number of hydrogen-bond donors (Lipinski definition) is 1. The van der Waals surface area contributed by atoms with Gasteiger partial charge in [-0.15, -0.1) is 0 Å². The van der Waals surface area contributed by atoms with Crippen LogP contribution in [0.1, 0.15) is 32.3 Å². The highest BCUT2D eigenvalue weighted by molar-refractivity contribution is 5.72. The summed E-state index contributed by atoms with van der Waals surface area (Å²) in [5, 5.41) is 0. The fourth-order valence-electron chi connectivity index (χ4n) is 2.88. The molecule has 2 N–H and O–H groups in total. The number of ether oxygens (including phenoxy) is 2. The molecule has 1 atom stereocenters. The van der Waals surface area contributed by atoms with Crippen molar-refractivity contribution in [2.24, 2.45) is 11.1 Å². The molecule has 1 aliphatic carbocycles. The van der Waals surface area contributed by atoms with Crippen molar-refractivity contribution in [1.82, 2.24) is 0 Å². The lowest BCUT2D eigenvalue weighted by Crippen LogP contribution is -2.30. The average Bonchev–Trinajstić information content (AvgIpc) is 2.37. The van der Waals surface area contributed by atoms with Crippen molar-refractivity contribution in [3.8, 4) is 5.75 Å². The molecule has 0 fully saturated rings. The van der Waals surface area contributed by atoms with Crippen molar-refractivity contribution in [2.75, 3.05) is 20.3 Å². The number of nitrogens with two attached hydrogens (primary N) is 1. The molecular formula is C17H25NO2. The predicted octanol–water partition coefficient (Wildman–Crippen LogP) is 3.24. The molecule has 20 heavy (non-hydrogen) atoms. The topological polar surface area (TPSA) is 44.5 Å². The Morgan fingerprint density at radius 3 is 2.70 bits per heavy atom. The zero-order valence-electron chi connectivity index (χ0n) is 12.7. The largest absolute Gasteiger partial charge is 0.491 e. The first-order chi connectivity index (χ1) is 9.52. The van der Waals surface area contributed by atoms with Crippen LogP contribution in [-0.2, 0) is 4.74 Å². The Morgan fingerprint density at radius 1 is 1.25 bits per heavy atom. The molecule has 0 aromatic heterocycles. The van der Waals surface area contributed by atoms with E-state index in [9.17, 15) is 0 Å². The van der Waals surface area contributed by atoms with E-state index in [1.807, 2.05) is 18.2 Å². The van der Waals surface area contributed by atoms with Gasteiger partial charge in [0.25, 0.3) is 0 Å². The molecular weight excluding hydrogens is 250 g/mol. The van der Waals surface area contributed by atoms with E-state index in [0.717, 1.165) is 24.2 Å². The summed E-state index contributed by atoms with van der Waals surface area (Å²) in [4.78, 5) is 0. The van der Waals surface area contributed by atoms with Crippen LogP contribution >= 0.6 is 0 Å². The molecule has 1 aromatic rings. The summed E-state index contributed by atoms with van der Waals surface area (Å²) >= 11 is 0. The van der Waals surface area contributed by atoms with E-state index >= 15 is 0 Å². The highest BCUT2D eigenvalue weighted by atomic mass is 16.5. The lowest BCUT2D eigenvalue weighted by atomic mass is 9.74. The molecule has 0 amide bonds. The molecule has 1 aromatic carbocycles. The van der Waals surface area contributed by atoms with Crippen LogP contribution in [0.15, 0.2) is 30.3 Å². The third-order valence-corrected chi connectivity index (χ3v) is 3.65. The summed E-state index contributed by atoms with van der Waals surface area (Å²) in [6.45, 7) is 5.71. The lowest BCUT2D eigenvalue weighted by molar-refractivity contribution is 0.146. The molecule has 0 aliphatic heterocycles. The minimum absolute atomic E-state index is 0.126. The molecule has 1 aliphatic rings. The first kappa shape index (κ1) is 15.1. The smallest absolute Gasteiger partial charge is 0.126 e. The molecule has 0 heterocycles. The maximum absolute atomic E-state index is 6.17. The van der Waals surface area contributed by atoms with Gasteiger partial charge in [0.15, 0.2) is 0 Å². The van der Waals surface area contributed by atoms with Crippen molar-refractivity contribution in [2.45, 2.75) is 32.7 Å². The van der Waals surface area contributed by atoms with E-state index in [1.54, 1.807) is 7.11 Å². The average molecular weight is 275 g/mol. The van der Waals surface area contributed by atoms with Crippen molar-refractivity contribution in [1.29, 1.82) is 0 Å². The monoisotopic (exact) mass is 275 g/mol. The molecule has 0 spiro atoms. The van der Waals surface area contributed by atoms with Gasteiger partial charge < -0.3 is 15.2 Å². The molecule has 0 saturated carbocycles. The highest BCUT2D eigenvalue weighted by Gasteiger charge is 2.28. The summed E-state index contributed by atoms with van der Waals surface area (Å²) in [5.74, 6) is 0.917. The van der Waals surface area contributed by atoms with Gasteiger partial charge in [-0.1, -0.05) is 38.1 Å². The van der Waals surface area contributed by atoms with E-state index in [4.69, 9.17) is 15.2 Å². The van der Waals surface area contributed by atoms with Crippen LogP contribution in [0.5, 0.6) is 5.75 Å². The Morgan fingerprint density at radius 2 is 2.00 bits per heavy atom. The zero-order chi connectivity index (χ0) is 14.6. The fraction of sp³-hybridized carbons (Fsp3) is 0.529. The van der Waals surface area contributed by atoms with Crippen LogP contribution in [0.25, 0.3) is 5.57 Å². The van der Waals surface area contributed by atoms with Gasteiger partial charge in [-0.05, 0) is 29.9 Å². The summed E-state index contributed by atoms with van der Waals surface area (Å²) in [6.07, 6.45) is 4.25. The van der Waals surface area contributed by atoms with Gasteiger partial charge in [0.1, 0.15) is 12.4 Å². The van der Waals surface area contributed by atoms with Gasteiger partial charge in [0, 0.05) is 18.7 Å². The lowest BCUT2D eigenvalue weighted by Gasteiger charge is -2.33. The quantitative estimate of drug-likeness (QED) is 0.839. The van der Waals surface area contributed by atoms with Crippen LogP contribution in [0, 0.1) is 5.41 Å². The van der Waals surface area contributed by atoms with Crippen molar-refractivity contribution >= 4 is 5.57 Å². The second kappa shape index (κ2) is 6.42. The fourth-order valence-corrected chi connectivity index (χ4v) is 2.88. The number of benzene rings is 1. The molecule has 0 bridgehead atoms. The van der Waals surface area contributed by atoms with E-state index < -0.39 is 0 Å². The Labute approximate surface area is 121 Å². The minimum atomic E-state index is 0.126. The van der Waals surface area contributed by atoms with Crippen molar-refractivity contribution < 1.29 is 9.47 Å². The number of allylic oxidation sites excluding steroid dienone is 1. The van der Waals surface area contributed by atoms with E-state index in [2.05, 4.69) is 26.0 Å². The van der Waals surface area contributed by atoms with E-state index in [0.29, 0.717) is 13.2 Å². The minimum Gasteiger partial charge on any atom is -0.491 e. The predicted molar refractivity (Wildman–Crippen MR) is 82.8 cm³/mol. The standard InChI is InChI=1S/C17H25NO2/c1-17(2)11-13(10-14(18)12-17)15-6-4-5-7-16(15)20-9-8-19-3/h4-7,10,14H,8-9,11-12,18H2,1-3H3. The summed E-state index contributed by atoms with van der Waals surface area (Å²) in [5.41, 5.74) is 8.86. The summed E-state index contributed by atoms with van der Waals surface area (Å²) in [7, 11) is 1.68. The van der Waals surface area contributed by atoms with Crippen molar-refractivity contribution in [3.05, 3.63) is 35.9 Å². The van der Waals surface area contributed by atoms with Crippen LogP contribution in [0.3, 0.4) is 0 Å². The summed E-state index contributed by atoms with van der Waals surface area (Å²) in [6, 6.07) is 8.30. The van der Waals surface area contributed by atoms with E-state index in [-0.39, 0.29) is 11.5 Å². The molecule has 2 rings (SSSR count). The van der Waals surface area contributed by atoms with E-state index in [1.165, 1.54) is 5.57 Å². The normalized spacial score (nSPS) is 21.4. The third kappa shape index (κ3) is 3.84. The molecule has 3 heteroatoms. The zero-order valence-corrected chi connectivity index (χ0v) is 12.7.